The average Bonchev–Trinajstić information content (AvgIpc) is 3.23. The number of carbonyl (C=O) groups is 2. The Morgan fingerprint density at radius 3 is 2.66 bits per heavy atom. The van der Waals surface area contributed by atoms with Gasteiger partial charge in [-0.1, -0.05) is 23.7 Å². The van der Waals surface area contributed by atoms with E-state index >= 15 is 0 Å². The van der Waals surface area contributed by atoms with Crippen molar-refractivity contribution in [2.45, 2.75) is 27.4 Å². The predicted molar refractivity (Wildman–Crippen MR) is 122 cm³/mol. The van der Waals surface area contributed by atoms with Gasteiger partial charge in [0.1, 0.15) is 11.6 Å². The molecule has 0 saturated carbocycles. The fourth-order valence-electron chi connectivity index (χ4n) is 3.11. The van der Waals surface area contributed by atoms with Gasteiger partial charge >= 0.3 is 5.97 Å². The summed E-state index contributed by atoms with van der Waals surface area (Å²) in [6.45, 7) is 4.54. The lowest BCUT2D eigenvalue weighted by molar-refractivity contribution is -0.142. The standard InChI is InChI=1S/C23H18ClN3O4S/c1-12-21-18(16(9-25-12)10-30-14(3)29)8-19(22(31-21)26-13(2)28)23-27-20(11-32-23)15-4-6-17(24)7-5-15/h4-9,11H,10H2,1-3H3. The lowest BCUT2D eigenvalue weighted by atomic mass is 10.1. The van der Waals surface area contributed by atoms with Crippen molar-refractivity contribution in [2.24, 2.45) is 4.99 Å². The molecule has 3 heterocycles. The van der Waals surface area contributed by atoms with Crippen molar-refractivity contribution in [2.75, 3.05) is 0 Å². The number of halogens is 1. The van der Waals surface area contributed by atoms with E-state index < -0.39 is 11.9 Å². The van der Waals surface area contributed by atoms with Gasteiger partial charge in [0.15, 0.2) is 5.58 Å². The van der Waals surface area contributed by atoms with Crippen molar-refractivity contribution in [3.05, 3.63) is 63.7 Å². The van der Waals surface area contributed by atoms with E-state index in [1.54, 1.807) is 25.3 Å². The van der Waals surface area contributed by atoms with Crippen LogP contribution in [-0.2, 0) is 20.9 Å². The molecule has 0 saturated heterocycles. The highest BCUT2D eigenvalue weighted by atomic mass is 35.5. The lowest BCUT2D eigenvalue weighted by Gasteiger charge is -2.09. The summed E-state index contributed by atoms with van der Waals surface area (Å²) >= 11 is 7.39. The number of aryl methyl sites for hydroxylation is 1. The molecule has 0 unspecified atom stereocenters. The topological polar surface area (TPSA) is 94.6 Å². The van der Waals surface area contributed by atoms with E-state index in [2.05, 4.69) is 9.98 Å². The highest BCUT2D eigenvalue weighted by molar-refractivity contribution is 7.13. The smallest absolute Gasteiger partial charge is 0.302 e. The summed E-state index contributed by atoms with van der Waals surface area (Å²) in [6, 6.07) is 9.22. The van der Waals surface area contributed by atoms with E-state index in [0.29, 0.717) is 37.8 Å². The van der Waals surface area contributed by atoms with Crippen LogP contribution in [0.1, 0.15) is 25.1 Å². The van der Waals surface area contributed by atoms with Crippen molar-refractivity contribution in [1.29, 1.82) is 0 Å². The van der Waals surface area contributed by atoms with Crippen LogP contribution >= 0.6 is 22.9 Å². The molecule has 4 rings (SSSR count). The van der Waals surface area contributed by atoms with E-state index in [-0.39, 0.29) is 12.2 Å². The Labute approximate surface area is 192 Å². The molecule has 0 bridgehead atoms. The number of benzene rings is 1. The summed E-state index contributed by atoms with van der Waals surface area (Å²) in [4.78, 5) is 36.2. The highest BCUT2D eigenvalue weighted by Gasteiger charge is 2.16. The molecule has 9 heteroatoms. The van der Waals surface area contributed by atoms with Gasteiger partial charge in [0.05, 0.1) is 17.0 Å². The van der Waals surface area contributed by atoms with Gasteiger partial charge < -0.3 is 9.15 Å². The quantitative estimate of drug-likeness (QED) is 0.388. The summed E-state index contributed by atoms with van der Waals surface area (Å²) < 4.78 is 11.2. The third-order valence-electron chi connectivity index (χ3n) is 4.62. The number of thiazole rings is 1. The van der Waals surface area contributed by atoms with Crippen molar-refractivity contribution in [3.8, 4) is 21.8 Å². The number of ether oxygens (including phenoxy) is 1. The second-order valence-electron chi connectivity index (χ2n) is 7.03. The number of carbonyl (C=O) groups excluding carboxylic acids is 2. The SMILES string of the molecule is CC(=O)N=c1oc2c(C)ncc(COC(C)=O)c2cc1-c1nc(-c2ccc(Cl)cc2)cs1. The summed E-state index contributed by atoms with van der Waals surface area (Å²) in [5.74, 6) is -0.794. The normalized spacial score (nSPS) is 11.7. The zero-order valence-corrected chi connectivity index (χ0v) is 19.1. The molecular formula is C23H18ClN3O4S. The third kappa shape index (κ3) is 4.61. The molecule has 0 atom stereocenters. The van der Waals surface area contributed by atoms with E-state index in [0.717, 1.165) is 11.3 Å². The summed E-state index contributed by atoms with van der Waals surface area (Å²) in [7, 11) is 0. The van der Waals surface area contributed by atoms with Gasteiger partial charge in [0.25, 0.3) is 0 Å². The first kappa shape index (κ1) is 21.9. The molecular weight excluding hydrogens is 450 g/mol. The van der Waals surface area contributed by atoms with E-state index in [4.69, 9.17) is 25.7 Å². The number of hydrogen-bond acceptors (Lipinski definition) is 7. The second-order valence-corrected chi connectivity index (χ2v) is 8.33. The molecule has 0 spiro atoms. The Balaban J connectivity index is 1.91. The number of pyridine rings is 1. The summed E-state index contributed by atoms with van der Waals surface area (Å²) in [5.41, 5.74) is 4.16. The van der Waals surface area contributed by atoms with Crippen molar-refractivity contribution < 1.29 is 18.7 Å². The highest BCUT2D eigenvalue weighted by Crippen LogP contribution is 2.31. The molecule has 4 aromatic rings. The van der Waals surface area contributed by atoms with Crippen molar-refractivity contribution in [3.63, 3.8) is 0 Å². The maximum atomic E-state index is 11.8. The molecule has 0 fully saturated rings. The van der Waals surface area contributed by atoms with Gasteiger partial charge in [-0.2, -0.15) is 4.99 Å². The molecule has 32 heavy (non-hydrogen) atoms. The number of rotatable bonds is 4. The first-order valence-corrected chi connectivity index (χ1v) is 10.9. The number of fused-ring (bicyclic) bond motifs is 1. The van der Waals surface area contributed by atoms with E-state index in [9.17, 15) is 9.59 Å². The Bertz CT molecular complexity index is 1410. The molecule has 0 aliphatic rings. The monoisotopic (exact) mass is 467 g/mol. The maximum absolute atomic E-state index is 11.8. The van der Waals surface area contributed by atoms with Gasteiger partial charge in [-0.15, -0.1) is 11.3 Å². The molecule has 1 aromatic carbocycles. The lowest BCUT2D eigenvalue weighted by Crippen LogP contribution is -2.10. The first-order valence-electron chi connectivity index (χ1n) is 9.64. The third-order valence-corrected chi connectivity index (χ3v) is 5.74. The zero-order chi connectivity index (χ0) is 22.8. The fraction of sp³-hybridized carbons (Fsp3) is 0.174. The second kappa shape index (κ2) is 9.02. The Morgan fingerprint density at radius 2 is 1.97 bits per heavy atom. The minimum absolute atomic E-state index is 0.0468. The Hall–Kier alpha value is -3.36. The van der Waals surface area contributed by atoms with Crippen LogP contribution in [0.5, 0.6) is 0 Å². The Kier molecular flexibility index (Phi) is 6.16. The first-order chi connectivity index (χ1) is 15.3. The van der Waals surface area contributed by atoms with Crippen LogP contribution in [0.25, 0.3) is 32.8 Å². The molecule has 7 nitrogen and oxygen atoms in total. The number of hydrogen-bond donors (Lipinski definition) is 0. The molecule has 0 radical (unpaired) electrons. The molecule has 1 amide bonds. The fourth-order valence-corrected chi connectivity index (χ4v) is 4.08. The predicted octanol–water partition coefficient (Wildman–Crippen LogP) is 5.09. The minimum Gasteiger partial charge on any atom is -0.461 e. The number of esters is 1. The molecule has 0 aliphatic carbocycles. The van der Waals surface area contributed by atoms with Crippen LogP contribution in [0.2, 0.25) is 5.02 Å². The van der Waals surface area contributed by atoms with Crippen LogP contribution in [0.15, 0.2) is 51.3 Å². The van der Waals surface area contributed by atoms with Gasteiger partial charge in [-0.05, 0) is 25.1 Å². The summed E-state index contributed by atoms with van der Waals surface area (Å²) in [6.07, 6.45) is 1.64. The van der Waals surface area contributed by atoms with Crippen molar-refractivity contribution in [1.82, 2.24) is 9.97 Å². The van der Waals surface area contributed by atoms with Gasteiger partial charge in [0, 0.05) is 47.0 Å². The number of aromatic nitrogens is 2. The van der Waals surface area contributed by atoms with Crippen molar-refractivity contribution >= 4 is 45.8 Å². The molecule has 0 N–H and O–H groups in total. The number of nitrogens with zero attached hydrogens (tertiary/aromatic N) is 3. The molecule has 162 valence electrons. The summed E-state index contributed by atoms with van der Waals surface area (Å²) in [5, 5.41) is 3.90. The van der Waals surface area contributed by atoms with Crippen LogP contribution in [0.4, 0.5) is 0 Å². The average molecular weight is 468 g/mol. The van der Waals surface area contributed by atoms with Crippen LogP contribution < -0.4 is 5.55 Å². The van der Waals surface area contributed by atoms with Crippen LogP contribution in [-0.4, -0.2) is 21.8 Å². The van der Waals surface area contributed by atoms with Crippen LogP contribution in [0, 0.1) is 6.92 Å². The minimum atomic E-state index is -0.398. The zero-order valence-electron chi connectivity index (χ0n) is 17.5. The van der Waals surface area contributed by atoms with E-state index in [1.807, 2.05) is 23.6 Å². The largest absolute Gasteiger partial charge is 0.461 e. The molecule has 0 aliphatic heterocycles. The van der Waals surface area contributed by atoms with Gasteiger partial charge in [-0.25, -0.2) is 4.98 Å². The van der Waals surface area contributed by atoms with Gasteiger partial charge in [-0.3, -0.25) is 14.6 Å². The Morgan fingerprint density at radius 1 is 1.22 bits per heavy atom. The molecule has 3 aromatic heterocycles. The maximum Gasteiger partial charge on any atom is 0.302 e. The van der Waals surface area contributed by atoms with Gasteiger partial charge in [0.2, 0.25) is 11.5 Å². The van der Waals surface area contributed by atoms with E-state index in [1.165, 1.54) is 25.2 Å². The number of amides is 1. The van der Waals surface area contributed by atoms with Crippen LogP contribution in [0.3, 0.4) is 0 Å².